The van der Waals surface area contributed by atoms with Gasteiger partial charge in [0.05, 0.1) is 28.5 Å². The summed E-state index contributed by atoms with van der Waals surface area (Å²) in [6, 6.07) is 23.6. The molecule has 3 N–H and O–H groups in total. The van der Waals surface area contributed by atoms with Crippen LogP contribution in [0.1, 0.15) is 15.9 Å². The number of aromatic carboxylic acids is 1. The Bertz CT molecular complexity index is 1550. The number of carbonyl (C=O) groups excluding carboxylic acids is 1. The first-order chi connectivity index (χ1) is 17.1. The second-order valence-corrected chi connectivity index (χ2v) is 7.96. The number of benzene rings is 3. The minimum atomic E-state index is -1.01. The van der Waals surface area contributed by atoms with Crippen LogP contribution < -0.4 is 10.1 Å². The number of hydrogen-bond acceptors (Lipinski definition) is 4. The van der Waals surface area contributed by atoms with Crippen molar-refractivity contribution in [1.82, 2.24) is 9.97 Å². The zero-order chi connectivity index (χ0) is 24.2. The van der Waals surface area contributed by atoms with Crippen molar-refractivity contribution >= 4 is 45.4 Å². The van der Waals surface area contributed by atoms with Gasteiger partial charge >= 0.3 is 5.97 Å². The molecule has 7 heteroatoms. The lowest BCUT2D eigenvalue weighted by molar-refractivity contribution is -0.113. The van der Waals surface area contributed by atoms with Crippen LogP contribution in [0.15, 0.2) is 96.8 Å². The number of fused-ring (bicyclic) bond motifs is 3. The molecule has 172 valence electrons. The highest BCUT2D eigenvalue weighted by Gasteiger charge is 2.13. The second kappa shape index (κ2) is 9.52. The minimum absolute atomic E-state index is 0.0124. The largest absolute Gasteiger partial charge is 0.489 e. The van der Waals surface area contributed by atoms with Gasteiger partial charge in [0.25, 0.3) is 5.91 Å². The predicted molar refractivity (Wildman–Crippen MR) is 136 cm³/mol. The smallest absolute Gasteiger partial charge is 0.335 e. The number of carboxylic acid groups (broad SMARTS) is 1. The van der Waals surface area contributed by atoms with Crippen LogP contribution in [0, 0.1) is 0 Å². The molecule has 3 aromatic carbocycles. The quantitative estimate of drug-likeness (QED) is 0.276. The van der Waals surface area contributed by atoms with Crippen LogP contribution in [0.2, 0.25) is 0 Å². The molecule has 2 aromatic heterocycles. The third-order valence-corrected chi connectivity index (χ3v) is 5.58. The van der Waals surface area contributed by atoms with E-state index in [4.69, 9.17) is 9.84 Å². The number of aromatic nitrogens is 2. The van der Waals surface area contributed by atoms with Gasteiger partial charge in [0.15, 0.2) is 0 Å². The van der Waals surface area contributed by atoms with Crippen molar-refractivity contribution in [2.75, 3.05) is 11.9 Å². The molecule has 2 heterocycles. The Hall–Kier alpha value is -4.91. The fourth-order valence-corrected chi connectivity index (χ4v) is 3.83. The summed E-state index contributed by atoms with van der Waals surface area (Å²) in [6.45, 7) is 0.0124. The van der Waals surface area contributed by atoms with Gasteiger partial charge in [0.1, 0.15) is 12.4 Å². The first-order valence-corrected chi connectivity index (χ1v) is 11.0. The van der Waals surface area contributed by atoms with Crippen LogP contribution in [0.3, 0.4) is 0 Å². The summed E-state index contributed by atoms with van der Waals surface area (Å²) in [5, 5.41) is 14.2. The Kier molecular flexibility index (Phi) is 5.96. The molecule has 0 saturated carbocycles. The van der Waals surface area contributed by atoms with E-state index in [1.807, 2.05) is 36.4 Å². The van der Waals surface area contributed by atoms with Crippen molar-refractivity contribution in [2.24, 2.45) is 0 Å². The first-order valence-electron chi connectivity index (χ1n) is 11.0. The number of ether oxygens (including phenoxy) is 1. The fourth-order valence-electron chi connectivity index (χ4n) is 3.83. The van der Waals surface area contributed by atoms with Crippen LogP contribution >= 0.6 is 0 Å². The number of rotatable bonds is 7. The lowest BCUT2D eigenvalue weighted by atomic mass is 10.1. The van der Waals surface area contributed by atoms with Crippen molar-refractivity contribution in [2.45, 2.75) is 0 Å². The van der Waals surface area contributed by atoms with Crippen LogP contribution in [0.4, 0.5) is 5.69 Å². The molecule has 5 aromatic rings. The molecule has 0 aliphatic rings. The van der Waals surface area contributed by atoms with Crippen LogP contribution in [0.25, 0.3) is 27.9 Å². The number of amides is 1. The molecule has 0 aliphatic heterocycles. The highest BCUT2D eigenvalue weighted by atomic mass is 16.5. The van der Waals surface area contributed by atoms with E-state index in [1.165, 1.54) is 12.1 Å². The summed E-state index contributed by atoms with van der Waals surface area (Å²) in [7, 11) is 0. The zero-order valence-corrected chi connectivity index (χ0v) is 18.6. The van der Waals surface area contributed by atoms with Crippen molar-refractivity contribution in [3.8, 4) is 5.75 Å². The number of para-hydroxylation sites is 1. The number of anilines is 1. The van der Waals surface area contributed by atoms with E-state index in [0.29, 0.717) is 22.6 Å². The first kappa shape index (κ1) is 21.9. The van der Waals surface area contributed by atoms with Crippen molar-refractivity contribution in [1.29, 1.82) is 0 Å². The molecule has 0 radical (unpaired) electrons. The van der Waals surface area contributed by atoms with E-state index in [-0.39, 0.29) is 18.1 Å². The Balaban J connectivity index is 1.41. The number of carbonyl (C=O) groups is 2. The van der Waals surface area contributed by atoms with Gasteiger partial charge in [-0.1, -0.05) is 30.3 Å². The van der Waals surface area contributed by atoms with E-state index in [2.05, 4.69) is 21.4 Å². The fraction of sp³-hybridized carbons (Fsp3) is 0.0357. The molecule has 0 atom stereocenters. The third-order valence-electron chi connectivity index (χ3n) is 5.58. The monoisotopic (exact) mass is 463 g/mol. The summed E-state index contributed by atoms with van der Waals surface area (Å²) in [5.41, 5.74) is 3.77. The SMILES string of the molecule is O=C(Nc1cccnc1)C(=Cc1ccc(C(=O)O)cc1)COc1ccc2c(c1)[nH]c1ccccc12. The Morgan fingerprint density at radius 2 is 1.74 bits per heavy atom. The molecule has 35 heavy (non-hydrogen) atoms. The van der Waals surface area contributed by atoms with Crippen molar-refractivity contribution in [3.05, 3.63) is 108 Å². The number of aromatic amines is 1. The van der Waals surface area contributed by atoms with E-state index in [9.17, 15) is 9.59 Å². The van der Waals surface area contributed by atoms with Crippen molar-refractivity contribution < 1.29 is 19.4 Å². The Morgan fingerprint density at radius 1 is 0.943 bits per heavy atom. The molecule has 0 unspecified atom stereocenters. The molecular formula is C28H21N3O4. The number of nitrogens with zero attached hydrogens (tertiary/aromatic N) is 1. The molecule has 0 spiro atoms. The Labute approximate surface area is 200 Å². The minimum Gasteiger partial charge on any atom is -0.489 e. The van der Waals surface area contributed by atoms with E-state index >= 15 is 0 Å². The van der Waals surface area contributed by atoms with E-state index in [1.54, 1.807) is 42.7 Å². The summed E-state index contributed by atoms with van der Waals surface area (Å²) >= 11 is 0. The average molecular weight is 463 g/mol. The van der Waals surface area contributed by atoms with Crippen LogP contribution in [-0.4, -0.2) is 33.6 Å². The summed E-state index contributed by atoms with van der Waals surface area (Å²) in [4.78, 5) is 31.6. The van der Waals surface area contributed by atoms with Gasteiger partial charge in [0.2, 0.25) is 0 Å². The number of H-pyrrole nitrogens is 1. The molecule has 7 nitrogen and oxygen atoms in total. The number of nitrogens with one attached hydrogen (secondary N) is 2. The zero-order valence-electron chi connectivity index (χ0n) is 18.6. The lowest BCUT2D eigenvalue weighted by Gasteiger charge is -2.11. The Morgan fingerprint density at radius 3 is 2.51 bits per heavy atom. The maximum absolute atomic E-state index is 13.1. The molecule has 0 fully saturated rings. The van der Waals surface area contributed by atoms with Gasteiger partial charge in [-0.3, -0.25) is 9.78 Å². The topological polar surface area (TPSA) is 104 Å². The number of carboxylic acids is 1. The normalized spacial score (nSPS) is 11.5. The highest BCUT2D eigenvalue weighted by molar-refractivity contribution is 6.08. The maximum atomic E-state index is 13.1. The molecule has 5 rings (SSSR count). The van der Waals surface area contributed by atoms with Gasteiger partial charge in [0, 0.05) is 28.6 Å². The van der Waals surface area contributed by atoms with Gasteiger partial charge in [-0.25, -0.2) is 4.79 Å². The molecule has 0 saturated heterocycles. The highest BCUT2D eigenvalue weighted by Crippen LogP contribution is 2.28. The van der Waals surface area contributed by atoms with Gasteiger partial charge < -0.3 is 20.1 Å². The van der Waals surface area contributed by atoms with Gasteiger partial charge in [-0.05, 0) is 54.1 Å². The standard InChI is InChI=1S/C28H21N3O4/c32-27(30-21-4-3-13-29-16-21)20(14-18-7-9-19(10-8-18)28(33)34)17-35-22-11-12-24-23-5-1-2-6-25(23)31-26(24)15-22/h1-16,31H,17H2,(H,30,32)(H,33,34). The third kappa shape index (κ3) is 4.89. The molecule has 0 bridgehead atoms. The number of hydrogen-bond donors (Lipinski definition) is 3. The lowest BCUT2D eigenvalue weighted by Crippen LogP contribution is -2.19. The average Bonchev–Trinajstić information content (AvgIpc) is 3.25. The molecular weight excluding hydrogens is 442 g/mol. The van der Waals surface area contributed by atoms with Gasteiger partial charge in [-0.2, -0.15) is 0 Å². The molecule has 0 aliphatic carbocycles. The maximum Gasteiger partial charge on any atom is 0.335 e. The second-order valence-electron chi connectivity index (χ2n) is 7.96. The molecule has 1 amide bonds. The van der Waals surface area contributed by atoms with E-state index in [0.717, 1.165) is 21.8 Å². The summed E-state index contributed by atoms with van der Waals surface area (Å²) < 4.78 is 6.01. The van der Waals surface area contributed by atoms with Crippen molar-refractivity contribution in [3.63, 3.8) is 0 Å². The number of pyridine rings is 1. The predicted octanol–water partition coefficient (Wildman–Crippen LogP) is 5.52. The summed E-state index contributed by atoms with van der Waals surface area (Å²) in [6.07, 6.45) is 4.86. The van der Waals surface area contributed by atoms with Crippen LogP contribution in [-0.2, 0) is 4.79 Å². The van der Waals surface area contributed by atoms with E-state index < -0.39 is 5.97 Å². The summed E-state index contributed by atoms with van der Waals surface area (Å²) in [5.74, 6) is -0.733. The van der Waals surface area contributed by atoms with Gasteiger partial charge in [-0.15, -0.1) is 0 Å². The van der Waals surface area contributed by atoms with Crippen LogP contribution in [0.5, 0.6) is 5.75 Å².